The van der Waals surface area contributed by atoms with Gasteiger partial charge in [-0.2, -0.15) is 0 Å². The maximum atomic E-state index is 5.76. The minimum atomic E-state index is 0.365. The second kappa shape index (κ2) is 8.74. The molecule has 0 bridgehead atoms. The fourth-order valence-corrected chi connectivity index (χ4v) is 2.20. The van der Waals surface area contributed by atoms with E-state index in [2.05, 4.69) is 36.7 Å². The molecule has 0 aliphatic heterocycles. The van der Waals surface area contributed by atoms with Gasteiger partial charge < -0.3 is 10.1 Å². The number of nitrogens with one attached hydrogen (secondary N) is 1. The van der Waals surface area contributed by atoms with Crippen LogP contribution < -0.4 is 5.32 Å². The third-order valence-corrected chi connectivity index (χ3v) is 3.42. The molecule has 1 rings (SSSR count). The molecule has 0 amide bonds. The average Bonchev–Trinajstić information content (AvgIpc) is 2.77. The van der Waals surface area contributed by atoms with E-state index in [0.29, 0.717) is 6.10 Å². The van der Waals surface area contributed by atoms with Gasteiger partial charge in [0, 0.05) is 11.3 Å². The first-order chi connectivity index (χ1) is 7.83. The molecule has 1 unspecified atom stereocenters. The molecule has 1 N–H and O–H groups in total. The van der Waals surface area contributed by atoms with Gasteiger partial charge in [-0.1, -0.05) is 13.0 Å². The summed E-state index contributed by atoms with van der Waals surface area (Å²) in [5.41, 5.74) is 0. The van der Waals surface area contributed by atoms with Crippen molar-refractivity contribution in [2.45, 2.75) is 39.2 Å². The first-order valence-corrected chi connectivity index (χ1v) is 7.05. The van der Waals surface area contributed by atoms with Crippen LogP contribution in [0.4, 0.5) is 0 Å². The van der Waals surface area contributed by atoms with Crippen molar-refractivity contribution in [2.75, 3.05) is 19.7 Å². The number of ether oxygens (including phenoxy) is 1. The molecule has 0 saturated heterocycles. The zero-order valence-corrected chi connectivity index (χ0v) is 11.2. The van der Waals surface area contributed by atoms with Crippen LogP contribution in [0.1, 0.15) is 31.6 Å². The molecule has 0 fully saturated rings. The molecule has 0 radical (unpaired) electrons. The van der Waals surface area contributed by atoms with Crippen molar-refractivity contribution in [1.82, 2.24) is 5.32 Å². The Labute approximate surface area is 103 Å². The highest BCUT2D eigenvalue weighted by Gasteiger charge is 2.02. The molecule has 0 aromatic carbocycles. The van der Waals surface area contributed by atoms with E-state index in [1.165, 1.54) is 11.3 Å². The van der Waals surface area contributed by atoms with E-state index < -0.39 is 0 Å². The summed E-state index contributed by atoms with van der Waals surface area (Å²) in [6, 6.07) is 4.26. The Morgan fingerprint density at radius 1 is 1.44 bits per heavy atom. The van der Waals surface area contributed by atoms with Crippen LogP contribution in [0.15, 0.2) is 17.5 Å². The van der Waals surface area contributed by atoms with Crippen LogP contribution in [0.3, 0.4) is 0 Å². The number of thiophene rings is 1. The predicted octanol–water partition coefficient (Wildman–Crippen LogP) is 3.09. The van der Waals surface area contributed by atoms with Crippen molar-refractivity contribution in [3.05, 3.63) is 22.4 Å². The maximum absolute atomic E-state index is 5.76. The Bertz CT molecular complexity index is 248. The molecule has 1 heterocycles. The third-order valence-electron chi connectivity index (χ3n) is 2.49. The minimum Gasteiger partial charge on any atom is -0.378 e. The van der Waals surface area contributed by atoms with Crippen LogP contribution in [-0.2, 0) is 11.2 Å². The Morgan fingerprint density at radius 3 is 3.00 bits per heavy atom. The maximum Gasteiger partial charge on any atom is 0.0559 e. The van der Waals surface area contributed by atoms with E-state index in [4.69, 9.17) is 4.74 Å². The number of hydrogen-bond acceptors (Lipinski definition) is 3. The van der Waals surface area contributed by atoms with Crippen molar-refractivity contribution in [3.63, 3.8) is 0 Å². The van der Waals surface area contributed by atoms with Gasteiger partial charge in [-0.25, -0.2) is 0 Å². The van der Waals surface area contributed by atoms with Gasteiger partial charge in [0.2, 0.25) is 0 Å². The molecule has 3 heteroatoms. The van der Waals surface area contributed by atoms with Crippen molar-refractivity contribution < 1.29 is 4.74 Å². The molecule has 2 nitrogen and oxygen atoms in total. The Balaban J connectivity index is 1.95. The molecule has 1 atom stereocenters. The zero-order valence-electron chi connectivity index (χ0n) is 10.4. The molecule has 0 aliphatic rings. The second-order valence-electron chi connectivity index (χ2n) is 4.05. The summed E-state index contributed by atoms with van der Waals surface area (Å²) in [7, 11) is 0. The Morgan fingerprint density at radius 2 is 2.31 bits per heavy atom. The summed E-state index contributed by atoms with van der Waals surface area (Å²) in [4.78, 5) is 1.41. The van der Waals surface area contributed by atoms with E-state index in [1.54, 1.807) is 11.3 Å². The Kier molecular flexibility index (Phi) is 7.47. The van der Waals surface area contributed by atoms with Crippen molar-refractivity contribution in [2.24, 2.45) is 0 Å². The lowest BCUT2D eigenvalue weighted by atomic mass is 10.3. The third kappa shape index (κ3) is 6.26. The molecule has 16 heavy (non-hydrogen) atoms. The van der Waals surface area contributed by atoms with Crippen LogP contribution in [-0.4, -0.2) is 25.8 Å². The van der Waals surface area contributed by atoms with Gasteiger partial charge in [-0.05, 0) is 44.3 Å². The highest BCUT2D eigenvalue weighted by atomic mass is 32.1. The van der Waals surface area contributed by atoms with Crippen LogP contribution in [0.25, 0.3) is 0 Å². The number of rotatable bonds is 9. The van der Waals surface area contributed by atoms with Gasteiger partial charge in [-0.3, -0.25) is 0 Å². The standard InChI is InChI=1S/C13H23NOS/c1-3-8-14-9-6-12(2)15-10-7-13-5-4-11-16-13/h4-5,11-12,14H,3,6-10H2,1-2H3. The minimum absolute atomic E-state index is 0.365. The summed E-state index contributed by atoms with van der Waals surface area (Å²) in [6.07, 6.45) is 3.71. The van der Waals surface area contributed by atoms with Crippen LogP contribution in [0, 0.1) is 0 Å². The second-order valence-corrected chi connectivity index (χ2v) is 5.08. The van der Waals surface area contributed by atoms with E-state index in [9.17, 15) is 0 Å². The van der Waals surface area contributed by atoms with Gasteiger partial charge in [0.15, 0.2) is 0 Å². The van der Waals surface area contributed by atoms with Gasteiger partial charge in [0.05, 0.1) is 12.7 Å². The van der Waals surface area contributed by atoms with Gasteiger partial charge in [-0.15, -0.1) is 11.3 Å². The normalized spacial score (nSPS) is 12.9. The van der Waals surface area contributed by atoms with Gasteiger partial charge in [0.25, 0.3) is 0 Å². The van der Waals surface area contributed by atoms with E-state index in [-0.39, 0.29) is 0 Å². The zero-order chi connectivity index (χ0) is 11.6. The molecule has 1 aromatic rings. The van der Waals surface area contributed by atoms with Gasteiger partial charge in [0.1, 0.15) is 0 Å². The molecule has 1 aromatic heterocycles. The molecular weight excluding hydrogens is 218 g/mol. The first kappa shape index (κ1) is 13.7. The lowest BCUT2D eigenvalue weighted by Gasteiger charge is -2.12. The van der Waals surface area contributed by atoms with Gasteiger partial charge >= 0.3 is 0 Å². The van der Waals surface area contributed by atoms with Crippen LogP contribution in [0.2, 0.25) is 0 Å². The molecular formula is C13H23NOS. The summed E-state index contributed by atoms with van der Waals surface area (Å²) in [5, 5.41) is 5.51. The summed E-state index contributed by atoms with van der Waals surface area (Å²) in [6.45, 7) is 7.36. The molecule has 0 aliphatic carbocycles. The van der Waals surface area contributed by atoms with E-state index in [1.807, 2.05) is 0 Å². The van der Waals surface area contributed by atoms with Crippen LogP contribution in [0.5, 0.6) is 0 Å². The summed E-state index contributed by atoms with van der Waals surface area (Å²) < 4.78 is 5.76. The monoisotopic (exact) mass is 241 g/mol. The summed E-state index contributed by atoms with van der Waals surface area (Å²) >= 11 is 1.81. The van der Waals surface area contributed by atoms with Crippen LogP contribution >= 0.6 is 11.3 Å². The van der Waals surface area contributed by atoms with E-state index in [0.717, 1.165) is 32.5 Å². The van der Waals surface area contributed by atoms with Crippen molar-refractivity contribution >= 4 is 11.3 Å². The quantitative estimate of drug-likeness (QED) is 0.671. The largest absolute Gasteiger partial charge is 0.378 e. The fourth-order valence-electron chi connectivity index (χ4n) is 1.51. The lowest BCUT2D eigenvalue weighted by molar-refractivity contribution is 0.0630. The van der Waals surface area contributed by atoms with Crippen molar-refractivity contribution in [3.8, 4) is 0 Å². The van der Waals surface area contributed by atoms with Crippen molar-refractivity contribution in [1.29, 1.82) is 0 Å². The Hall–Kier alpha value is -0.380. The highest BCUT2D eigenvalue weighted by Crippen LogP contribution is 2.09. The molecule has 0 saturated carbocycles. The molecule has 0 spiro atoms. The SMILES string of the molecule is CCCNCCC(C)OCCc1cccs1. The fraction of sp³-hybridized carbons (Fsp3) is 0.692. The topological polar surface area (TPSA) is 21.3 Å². The highest BCUT2D eigenvalue weighted by molar-refractivity contribution is 7.09. The first-order valence-electron chi connectivity index (χ1n) is 6.17. The average molecular weight is 241 g/mol. The number of hydrogen-bond donors (Lipinski definition) is 1. The molecule has 92 valence electrons. The van der Waals surface area contributed by atoms with E-state index >= 15 is 0 Å². The predicted molar refractivity (Wildman–Crippen MR) is 71.2 cm³/mol. The smallest absolute Gasteiger partial charge is 0.0559 e. The summed E-state index contributed by atoms with van der Waals surface area (Å²) in [5.74, 6) is 0. The lowest BCUT2D eigenvalue weighted by Crippen LogP contribution is -2.21.